The van der Waals surface area contributed by atoms with Crippen LogP contribution in [-0.2, 0) is 0 Å². The molecule has 1 aliphatic heterocycles. The molecule has 3 aromatic rings. The molecule has 166 valence electrons. The Labute approximate surface area is 188 Å². The van der Waals surface area contributed by atoms with Crippen LogP contribution >= 0.6 is 34.1 Å². The zero-order valence-corrected chi connectivity index (χ0v) is 18.3. The lowest BCUT2D eigenvalue weighted by Crippen LogP contribution is -2.42. The van der Waals surface area contributed by atoms with Gasteiger partial charge in [0.2, 0.25) is 0 Å². The van der Waals surface area contributed by atoms with Gasteiger partial charge in [-0.3, -0.25) is 0 Å². The van der Waals surface area contributed by atoms with Crippen molar-refractivity contribution in [3.63, 3.8) is 0 Å². The Morgan fingerprint density at radius 3 is 2.45 bits per heavy atom. The van der Waals surface area contributed by atoms with E-state index in [1.165, 1.54) is 10.9 Å². The summed E-state index contributed by atoms with van der Waals surface area (Å²) in [5.41, 5.74) is 0.174. The van der Waals surface area contributed by atoms with Gasteiger partial charge < -0.3 is 10.2 Å². The minimum absolute atomic E-state index is 0.0321. The van der Waals surface area contributed by atoms with Crippen molar-refractivity contribution in [3.05, 3.63) is 64.0 Å². The Bertz CT molecular complexity index is 1090. The Morgan fingerprint density at radius 2 is 1.81 bits per heavy atom. The number of hydrogen-bond donors (Lipinski definition) is 3. The average molecular weight is 492 g/mol. The summed E-state index contributed by atoms with van der Waals surface area (Å²) in [5, 5.41) is 29.3. The first-order valence-corrected chi connectivity index (χ1v) is 11.7. The minimum Gasteiger partial charge on any atom is -0.395 e. The van der Waals surface area contributed by atoms with E-state index in [1.807, 2.05) is 6.07 Å². The van der Waals surface area contributed by atoms with Crippen LogP contribution in [0.2, 0.25) is 10.0 Å². The topological polar surface area (TPSA) is 71.2 Å². The first-order chi connectivity index (χ1) is 14.8. The van der Waals surface area contributed by atoms with Crippen LogP contribution in [0.3, 0.4) is 0 Å². The second kappa shape index (κ2) is 8.99. The summed E-state index contributed by atoms with van der Waals surface area (Å²) in [6.07, 6.45) is 1.05. The second-order valence-electron chi connectivity index (χ2n) is 7.23. The van der Waals surface area contributed by atoms with Crippen LogP contribution in [0.4, 0.5) is 13.2 Å². The molecule has 1 aliphatic rings. The summed E-state index contributed by atoms with van der Waals surface area (Å²) >= 11 is 12.1. The maximum Gasteiger partial charge on any atom is 0.194 e. The maximum atomic E-state index is 13.6. The number of halogens is 5. The molecule has 0 spiro atoms. The largest absolute Gasteiger partial charge is 0.395 e. The predicted molar refractivity (Wildman–Crippen MR) is 114 cm³/mol. The first kappa shape index (κ1) is 22.4. The SMILES string of the molecule is OC[C@@H]1[C@H](O)[C@H](n2cc(-c3cc(F)c(F)c(F)c3)nn2)CC[SH]1c1ccc(Cl)c(Cl)c1. The summed E-state index contributed by atoms with van der Waals surface area (Å²) in [4.78, 5) is 0.928. The Morgan fingerprint density at radius 1 is 1.10 bits per heavy atom. The fraction of sp³-hybridized carbons (Fsp3) is 0.300. The normalized spacial score (nSPS) is 25.0. The first-order valence-electron chi connectivity index (χ1n) is 9.37. The van der Waals surface area contributed by atoms with Gasteiger partial charge in [0.25, 0.3) is 0 Å². The molecule has 1 aromatic heterocycles. The molecule has 4 rings (SSSR count). The summed E-state index contributed by atoms with van der Waals surface area (Å²) < 4.78 is 41.7. The zero-order valence-electron chi connectivity index (χ0n) is 15.9. The molecule has 1 saturated heterocycles. The van der Waals surface area contributed by atoms with E-state index in [9.17, 15) is 23.4 Å². The van der Waals surface area contributed by atoms with E-state index in [0.29, 0.717) is 22.2 Å². The van der Waals surface area contributed by atoms with Crippen molar-refractivity contribution < 1.29 is 23.4 Å². The van der Waals surface area contributed by atoms with Gasteiger partial charge >= 0.3 is 0 Å². The van der Waals surface area contributed by atoms with Crippen molar-refractivity contribution in [2.24, 2.45) is 0 Å². The van der Waals surface area contributed by atoms with Crippen LogP contribution in [0.1, 0.15) is 12.5 Å². The highest BCUT2D eigenvalue weighted by Crippen LogP contribution is 2.50. The molecule has 1 unspecified atom stereocenters. The summed E-state index contributed by atoms with van der Waals surface area (Å²) in [7, 11) is -0.910. The van der Waals surface area contributed by atoms with Crippen molar-refractivity contribution in [2.75, 3.05) is 12.4 Å². The highest BCUT2D eigenvalue weighted by atomic mass is 35.5. The van der Waals surface area contributed by atoms with Crippen molar-refractivity contribution in [1.82, 2.24) is 15.0 Å². The van der Waals surface area contributed by atoms with E-state index in [-0.39, 0.29) is 17.9 Å². The quantitative estimate of drug-likeness (QED) is 0.373. The van der Waals surface area contributed by atoms with Crippen molar-refractivity contribution in [1.29, 1.82) is 0 Å². The van der Waals surface area contributed by atoms with E-state index in [1.54, 1.807) is 12.1 Å². The van der Waals surface area contributed by atoms with E-state index in [0.717, 1.165) is 17.0 Å². The van der Waals surface area contributed by atoms with Gasteiger partial charge in [-0.15, -0.1) is 5.10 Å². The molecule has 4 atom stereocenters. The molecular weight excluding hydrogens is 474 g/mol. The number of hydrogen-bond acceptors (Lipinski definition) is 4. The predicted octanol–water partition coefficient (Wildman–Crippen LogP) is 4.40. The van der Waals surface area contributed by atoms with E-state index in [2.05, 4.69) is 10.3 Å². The standard InChI is InChI=1S/C20H18Cl2F3N3O2S/c21-12-2-1-11(7-13(12)22)31-4-3-17(20(30)18(31)9-29)28-8-16(26-27-28)10-5-14(23)19(25)15(24)6-10/h1-2,5-8,17-18,20,29-31H,3-4,9H2/t17-,18-,20-/m1/s1. The molecule has 31 heavy (non-hydrogen) atoms. The lowest BCUT2D eigenvalue weighted by molar-refractivity contribution is 0.0762. The van der Waals surface area contributed by atoms with Crippen LogP contribution in [-0.4, -0.2) is 48.9 Å². The van der Waals surface area contributed by atoms with E-state index in [4.69, 9.17) is 23.2 Å². The molecule has 1 fully saturated rings. The fourth-order valence-corrected chi connectivity index (χ4v) is 7.02. The smallest absolute Gasteiger partial charge is 0.194 e. The summed E-state index contributed by atoms with van der Waals surface area (Å²) in [6.45, 7) is -0.237. The maximum absolute atomic E-state index is 13.6. The van der Waals surface area contributed by atoms with Gasteiger partial charge in [0.1, 0.15) is 5.69 Å². The number of aliphatic hydroxyl groups is 2. The number of thiol groups is 1. The molecule has 2 heterocycles. The highest BCUT2D eigenvalue weighted by molar-refractivity contribution is 8.17. The third kappa shape index (κ3) is 4.29. The highest BCUT2D eigenvalue weighted by Gasteiger charge is 2.38. The van der Waals surface area contributed by atoms with Gasteiger partial charge in [0, 0.05) is 10.8 Å². The van der Waals surface area contributed by atoms with Gasteiger partial charge in [-0.1, -0.05) is 28.4 Å². The minimum atomic E-state index is -1.56. The Balaban J connectivity index is 1.59. The molecule has 0 aliphatic carbocycles. The number of rotatable bonds is 4. The van der Waals surface area contributed by atoms with Gasteiger partial charge in [-0.2, -0.15) is 0 Å². The lowest BCUT2D eigenvalue weighted by atomic mass is 10.0. The van der Waals surface area contributed by atoms with Gasteiger partial charge in [0.05, 0.1) is 35.0 Å². The number of benzene rings is 2. The van der Waals surface area contributed by atoms with E-state index >= 15 is 0 Å². The van der Waals surface area contributed by atoms with Crippen LogP contribution < -0.4 is 0 Å². The number of aliphatic hydroxyl groups excluding tert-OH is 2. The average Bonchev–Trinajstić information content (AvgIpc) is 3.23. The van der Waals surface area contributed by atoms with Crippen molar-refractivity contribution in [2.45, 2.75) is 28.7 Å². The fourth-order valence-electron chi connectivity index (χ4n) is 3.80. The number of aromatic nitrogens is 3. The molecular formula is C20H18Cl2F3N3O2S. The van der Waals surface area contributed by atoms with Crippen molar-refractivity contribution >= 4 is 34.1 Å². The molecule has 2 aromatic carbocycles. The Kier molecular flexibility index (Phi) is 6.50. The number of nitrogens with zero attached hydrogens (tertiary/aromatic N) is 3. The molecule has 0 radical (unpaired) electrons. The third-order valence-corrected chi connectivity index (χ3v) is 9.10. The van der Waals surface area contributed by atoms with Crippen LogP contribution in [0.5, 0.6) is 0 Å². The Hall–Kier alpha value is -1.78. The summed E-state index contributed by atoms with van der Waals surface area (Å²) in [6, 6.07) is 6.49. The molecule has 11 heteroatoms. The molecule has 0 saturated carbocycles. The summed E-state index contributed by atoms with van der Waals surface area (Å²) in [5.74, 6) is -3.51. The molecule has 0 bridgehead atoms. The monoisotopic (exact) mass is 491 g/mol. The second-order valence-corrected chi connectivity index (χ2v) is 10.6. The van der Waals surface area contributed by atoms with Gasteiger partial charge in [0.15, 0.2) is 17.5 Å². The van der Waals surface area contributed by atoms with Crippen LogP contribution in [0.25, 0.3) is 11.3 Å². The van der Waals surface area contributed by atoms with Crippen molar-refractivity contribution in [3.8, 4) is 11.3 Å². The lowest BCUT2D eigenvalue weighted by Gasteiger charge is -2.42. The van der Waals surface area contributed by atoms with Gasteiger partial charge in [-0.05, 0) is 47.4 Å². The molecule has 0 amide bonds. The molecule has 2 N–H and O–H groups in total. The van der Waals surface area contributed by atoms with Gasteiger partial charge in [-0.25, -0.2) is 28.7 Å². The van der Waals surface area contributed by atoms with Crippen LogP contribution in [0, 0.1) is 17.5 Å². The van der Waals surface area contributed by atoms with E-state index < -0.39 is 45.7 Å². The molecule has 5 nitrogen and oxygen atoms in total. The third-order valence-electron chi connectivity index (χ3n) is 5.41. The zero-order chi connectivity index (χ0) is 22.3. The van der Waals surface area contributed by atoms with Crippen LogP contribution in [0.15, 0.2) is 41.4 Å².